The number of aliphatic hydroxyl groups is 2. The van der Waals surface area contributed by atoms with Crippen LogP contribution in [0.3, 0.4) is 0 Å². The molecule has 0 aromatic carbocycles. The topological polar surface area (TPSA) is 93.1 Å². The van der Waals surface area contributed by atoms with E-state index in [0.29, 0.717) is 12.0 Å². The highest BCUT2D eigenvalue weighted by Gasteiger charge is 2.62. The first-order chi connectivity index (χ1) is 10.7. The molecular formula is C17H24O6. The van der Waals surface area contributed by atoms with Crippen LogP contribution < -0.4 is 0 Å². The molecule has 2 aliphatic carbocycles. The first-order valence-corrected chi connectivity index (χ1v) is 8.11. The van der Waals surface area contributed by atoms with Crippen LogP contribution in [0.4, 0.5) is 0 Å². The predicted molar refractivity (Wildman–Crippen MR) is 80.1 cm³/mol. The second-order valence-electron chi connectivity index (χ2n) is 7.36. The molecule has 0 bridgehead atoms. The van der Waals surface area contributed by atoms with E-state index in [1.165, 1.54) is 6.92 Å². The van der Waals surface area contributed by atoms with Gasteiger partial charge in [-0.15, -0.1) is 0 Å². The van der Waals surface area contributed by atoms with Gasteiger partial charge in [-0.1, -0.05) is 13.8 Å². The molecule has 0 radical (unpaired) electrons. The zero-order valence-electron chi connectivity index (χ0n) is 13.9. The van der Waals surface area contributed by atoms with E-state index in [9.17, 15) is 19.8 Å². The molecule has 2 saturated carbocycles. The lowest BCUT2D eigenvalue weighted by Gasteiger charge is -2.56. The number of ether oxygens (including phenoxy) is 2. The van der Waals surface area contributed by atoms with E-state index < -0.39 is 29.7 Å². The van der Waals surface area contributed by atoms with Crippen LogP contribution in [0, 0.1) is 17.3 Å². The van der Waals surface area contributed by atoms with Crippen molar-refractivity contribution in [1.82, 2.24) is 0 Å². The predicted octanol–water partition coefficient (Wildman–Crippen LogP) is 0.948. The van der Waals surface area contributed by atoms with Gasteiger partial charge in [0.05, 0.1) is 6.10 Å². The summed E-state index contributed by atoms with van der Waals surface area (Å²) in [7, 11) is 0. The van der Waals surface area contributed by atoms with Gasteiger partial charge in [0.1, 0.15) is 12.2 Å². The summed E-state index contributed by atoms with van der Waals surface area (Å²) in [4.78, 5) is 23.2. The summed E-state index contributed by atoms with van der Waals surface area (Å²) in [5.41, 5.74) is 0.565. The largest absolute Gasteiger partial charge is 0.462 e. The van der Waals surface area contributed by atoms with E-state index in [1.807, 2.05) is 13.8 Å². The average Bonchev–Trinajstić information content (AvgIpc) is 2.75. The summed E-state index contributed by atoms with van der Waals surface area (Å²) in [5, 5.41) is 21.5. The normalized spacial score (nSPS) is 46.1. The summed E-state index contributed by atoms with van der Waals surface area (Å²) >= 11 is 0. The van der Waals surface area contributed by atoms with Gasteiger partial charge in [-0.05, 0) is 30.8 Å². The van der Waals surface area contributed by atoms with E-state index in [-0.39, 0.29) is 30.3 Å². The van der Waals surface area contributed by atoms with Gasteiger partial charge < -0.3 is 19.7 Å². The van der Waals surface area contributed by atoms with Gasteiger partial charge in [-0.2, -0.15) is 0 Å². The maximum absolute atomic E-state index is 11.8. The van der Waals surface area contributed by atoms with Gasteiger partial charge in [-0.3, -0.25) is 4.79 Å². The number of hydrogen-bond acceptors (Lipinski definition) is 6. The van der Waals surface area contributed by atoms with E-state index in [1.54, 1.807) is 6.92 Å². The first-order valence-electron chi connectivity index (χ1n) is 8.11. The van der Waals surface area contributed by atoms with Crippen molar-refractivity contribution in [2.24, 2.45) is 17.3 Å². The highest BCUT2D eigenvalue weighted by Crippen LogP contribution is 2.56. The number of carbonyl (C=O) groups excluding carboxylic acids is 2. The number of carbonyl (C=O) groups is 2. The SMILES string of the molecule is CC(=O)O[C@@H]1C[C@H](O)[C@]2(C)[C@@H](O)C3OC(=O)C(C)=C3C[C@H]2[C@@H]1C. The molecule has 6 nitrogen and oxygen atoms in total. The molecule has 2 N–H and O–H groups in total. The Morgan fingerprint density at radius 2 is 2.04 bits per heavy atom. The monoisotopic (exact) mass is 324 g/mol. The maximum Gasteiger partial charge on any atom is 0.334 e. The van der Waals surface area contributed by atoms with Crippen LogP contribution in [0.2, 0.25) is 0 Å². The molecule has 3 rings (SSSR count). The van der Waals surface area contributed by atoms with Crippen LogP contribution >= 0.6 is 0 Å². The minimum atomic E-state index is -0.964. The van der Waals surface area contributed by atoms with Gasteiger partial charge in [0.15, 0.2) is 6.10 Å². The molecule has 7 atom stereocenters. The molecule has 0 aromatic rings. The third-order valence-corrected chi connectivity index (χ3v) is 6.24. The quantitative estimate of drug-likeness (QED) is 0.698. The fourth-order valence-electron chi connectivity index (χ4n) is 4.66. The third-order valence-electron chi connectivity index (χ3n) is 6.24. The zero-order chi connectivity index (χ0) is 17.1. The number of hydrogen-bond donors (Lipinski definition) is 2. The molecule has 0 saturated heterocycles. The van der Waals surface area contributed by atoms with Gasteiger partial charge in [0, 0.05) is 24.3 Å². The second kappa shape index (κ2) is 5.31. The second-order valence-corrected chi connectivity index (χ2v) is 7.36. The van der Waals surface area contributed by atoms with Crippen molar-refractivity contribution in [2.75, 3.05) is 0 Å². The molecule has 1 unspecified atom stereocenters. The van der Waals surface area contributed by atoms with Gasteiger partial charge in [0.2, 0.25) is 0 Å². The highest BCUT2D eigenvalue weighted by molar-refractivity contribution is 5.91. The molecule has 23 heavy (non-hydrogen) atoms. The van der Waals surface area contributed by atoms with Crippen molar-refractivity contribution in [1.29, 1.82) is 0 Å². The van der Waals surface area contributed by atoms with E-state index in [4.69, 9.17) is 9.47 Å². The summed E-state index contributed by atoms with van der Waals surface area (Å²) in [6, 6.07) is 0. The van der Waals surface area contributed by atoms with Crippen molar-refractivity contribution >= 4 is 11.9 Å². The standard InChI is InChI=1S/C17H24O6/c1-7-10-5-11-8(2)12(22-9(3)18)6-13(19)17(11,4)15(20)14(10)23-16(7)21/h8,11-15,19-20H,5-6H2,1-4H3/t8-,11-,12+,13-,14?,15-,17+/m0/s1. The van der Waals surface area contributed by atoms with Crippen LogP contribution in [-0.2, 0) is 19.1 Å². The van der Waals surface area contributed by atoms with Crippen molar-refractivity contribution in [2.45, 2.75) is 65.0 Å². The van der Waals surface area contributed by atoms with Crippen LogP contribution in [0.25, 0.3) is 0 Å². The molecule has 2 fully saturated rings. The Labute approximate surface area is 135 Å². The summed E-state index contributed by atoms with van der Waals surface area (Å²) in [5.74, 6) is -0.896. The van der Waals surface area contributed by atoms with Gasteiger partial charge >= 0.3 is 11.9 Å². The molecule has 6 heteroatoms. The minimum absolute atomic E-state index is 0.0288. The summed E-state index contributed by atoms with van der Waals surface area (Å²) in [6.45, 7) is 6.88. The Kier molecular flexibility index (Phi) is 3.80. The highest BCUT2D eigenvalue weighted by atomic mass is 16.6. The van der Waals surface area contributed by atoms with Gasteiger partial charge in [-0.25, -0.2) is 4.79 Å². The Hall–Kier alpha value is -1.40. The molecule has 3 aliphatic rings. The van der Waals surface area contributed by atoms with Gasteiger partial charge in [0.25, 0.3) is 0 Å². The third kappa shape index (κ3) is 2.22. The number of aliphatic hydroxyl groups excluding tert-OH is 2. The molecule has 1 aliphatic heterocycles. The van der Waals surface area contributed by atoms with Crippen molar-refractivity contribution in [3.8, 4) is 0 Å². The number of esters is 2. The Morgan fingerprint density at radius 1 is 1.39 bits per heavy atom. The van der Waals surface area contributed by atoms with Crippen molar-refractivity contribution in [3.63, 3.8) is 0 Å². The lowest BCUT2D eigenvalue weighted by atomic mass is 9.52. The van der Waals surface area contributed by atoms with Crippen LogP contribution in [0.1, 0.15) is 40.5 Å². The maximum atomic E-state index is 11.8. The zero-order valence-corrected chi connectivity index (χ0v) is 13.9. The van der Waals surface area contributed by atoms with Crippen LogP contribution in [0.5, 0.6) is 0 Å². The molecule has 0 aromatic heterocycles. The average molecular weight is 324 g/mol. The number of fused-ring (bicyclic) bond motifs is 2. The van der Waals surface area contributed by atoms with Crippen LogP contribution in [-0.4, -0.2) is 46.6 Å². The van der Waals surface area contributed by atoms with Crippen molar-refractivity contribution < 1.29 is 29.3 Å². The molecule has 0 spiro atoms. The van der Waals surface area contributed by atoms with E-state index >= 15 is 0 Å². The van der Waals surface area contributed by atoms with E-state index in [0.717, 1.165) is 5.57 Å². The lowest BCUT2D eigenvalue weighted by molar-refractivity contribution is -0.210. The van der Waals surface area contributed by atoms with Crippen molar-refractivity contribution in [3.05, 3.63) is 11.1 Å². The Morgan fingerprint density at radius 3 is 2.65 bits per heavy atom. The minimum Gasteiger partial charge on any atom is -0.462 e. The fraction of sp³-hybridized carbons (Fsp3) is 0.765. The van der Waals surface area contributed by atoms with E-state index in [2.05, 4.69) is 0 Å². The Balaban J connectivity index is 1.98. The number of rotatable bonds is 1. The fourth-order valence-corrected chi connectivity index (χ4v) is 4.66. The van der Waals surface area contributed by atoms with Crippen LogP contribution in [0.15, 0.2) is 11.1 Å². The summed E-state index contributed by atoms with van der Waals surface area (Å²) in [6.07, 6.45) is -2.01. The lowest BCUT2D eigenvalue weighted by Crippen LogP contribution is -2.63. The molecule has 1 heterocycles. The molecular weight excluding hydrogens is 300 g/mol. The molecule has 128 valence electrons. The summed E-state index contributed by atoms with van der Waals surface area (Å²) < 4.78 is 10.7. The first kappa shape index (κ1) is 16.5. The smallest absolute Gasteiger partial charge is 0.334 e. The Bertz CT molecular complexity index is 582. The molecule has 0 amide bonds.